The van der Waals surface area contributed by atoms with Crippen LogP contribution in [-0.4, -0.2) is 10.9 Å². The van der Waals surface area contributed by atoms with Crippen molar-refractivity contribution in [2.45, 2.75) is 26.2 Å². The molecule has 1 atom stereocenters. The number of hydrogen-bond acceptors (Lipinski definition) is 3. The van der Waals surface area contributed by atoms with Crippen LogP contribution in [0.1, 0.15) is 30.4 Å². The van der Waals surface area contributed by atoms with Crippen LogP contribution >= 0.6 is 0 Å². The third kappa shape index (κ3) is 3.67. The molecule has 0 aliphatic heterocycles. The van der Waals surface area contributed by atoms with Crippen molar-refractivity contribution in [3.05, 3.63) is 83.9 Å². The molecule has 0 spiro atoms. The van der Waals surface area contributed by atoms with Crippen LogP contribution < -0.4 is 5.32 Å². The zero-order valence-corrected chi connectivity index (χ0v) is 16.0. The minimum Gasteiger partial charge on any atom is -0.436 e. The first-order valence-electron chi connectivity index (χ1n) is 9.47. The van der Waals surface area contributed by atoms with Crippen molar-refractivity contribution < 1.29 is 9.21 Å². The van der Waals surface area contributed by atoms with Crippen molar-refractivity contribution in [2.75, 3.05) is 5.32 Å². The molecule has 0 saturated carbocycles. The number of fused-ring (bicyclic) bond motifs is 1. The molecule has 0 fully saturated rings. The Balaban J connectivity index is 1.51. The first kappa shape index (κ1) is 18.0. The summed E-state index contributed by atoms with van der Waals surface area (Å²) < 4.78 is 5.85. The van der Waals surface area contributed by atoms with E-state index in [-0.39, 0.29) is 11.8 Å². The van der Waals surface area contributed by atoms with E-state index in [4.69, 9.17) is 4.42 Å². The highest BCUT2D eigenvalue weighted by Crippen LogP contribution is 2.27. The zero-order chi connectivity index (χ0) is 19.5. The molecule has 1 unspecified atom stereocenters. The number of carbonyl (C=O) groups is 1. The van der Waals surface area contributed by atoms with Crippen LogP contribution in [0, 0.1) is 6.92 Å². The fraction of sp³-hybridized carbons (Fsp3) is 0.167. The van der Waals surface area contributed by atoms with Crippen LogP contribution in [-0.2, 0) is 4.79 Å². The number of rotatable bonds is 5. The van der Waals surface area contributed by atoms with Crippen LogP contribution in [0.15, 0.2) is 77.2 Å². The smallest absolute Gasteiger partial charge is 0.231 e. The van der Waals surface area contributed by atoms with Gasteiger partial charge >= 0.3 is 0 Å². The molecule has 1 amide bonds. The fourth-order valence-electron chi connectivity index (χ4n) is 3.34. The van der Waals surface area contributed by atoms with Gasteiger partial charge in [-0.25, -0.2) is 4.98 Å². The predicted molar refractivity (Wildman–Crippen MR) is 112 cm³/mol. The lowest BCUT2D eigenvalue weighted by atomic mass is 9.95. The van der Waals surface area contributed by atoms with Gasteiger partial charge in [-0.15, -0.1) is 0 Å². The van der Waals surface area contributed by atoms with Crippen molar-refractivity contribution in [1.82, 2.24) is 4.98 Å². The number of nitrogens with zero attached hydrogens (tertiary/aromatic N) is 1. The summed E-state index contributed by atoms with van der Waals surface area (Å²) in [5, 5.41) is 3.01. The van der Waals surface area contributed by atoms with Crippen molar-refractivity contribution in [2.24, 2.45) is 0 Å². The number of amides is 1. The zero-order valence-electron chi connectivity index (χ0n) is 16.0. The van der Waals surface area contributed by atoms with Crippen LogP contribution in [0.3, 0.4) is 0 Å². The van der Waals surface area contributed by atoms with Crippen molar-refractivity contribution >= 4 is 22.7 Å². The lowest BCUT2D eigenvalue weighted by Crippen LogP contribution is -2.20. The molecular formula is C24H22N2O2. The van der Waals surface area contributed by atoms with Gasteiger partial charge in [0.1, 0.15) is 5.52 Å². The number of benzene rings is 3. The monoisotopic (exact) mass is 370 g/mol. The largest absolute Gasteiger partial charge is 0.436 e. The third-order valence-corrected chi connectivity index (χ3v) is 4.87. The average molecular weight is 370 g/mol. The van der Waals surface area contributed by atoms with E-state index in [1.807, 2.05) is 86.6 Å². The number of carbonyl (C=O) groups excluding carboxylic acids is 1. The first-order chi connectivity index (χ1) is 13.6. The summed E-state index contributed by atoms with van der Waals surface area (Å²) in [7, 11) is 0. The van der Waals surface area contributed by atoms with E-state index in [0.29, 0.717) is 5.89 Å². The molecular weight excluding hydrogens is 348 g/mol. The Hall–Kier alpha value is -3.40. The standard InChI is InChI=1S/C24H22N2O2/c1-3-20(17-7-5-4-6-8-17)23(27)25-19-12-10-18(11-13-19)24-26-21-15-16(2)9-14-22(21)28-24/h4-15,20H,3H2,1-2H3,(H,25,27). The number of anilines is 1. The second kappa shape index (κ2) is 7.69. The SMILES string of the molecule is CCC(C(=O)Nc1ccc(-c2nc3cc(C)ccc3o2)cc1)c1ccccc1. The summed E-state index contributed by atoms with van der Waals surface area (Å²) in [6.45, 7) is 4.06. The molecule has 4 heteroatoms. The van der Waals surface area contributed by atoms with Crippen molar-refractivity contribution in [3.63, 3.8) is 0 Å². The molecule has 1 heterocycles. The first-order valence-corrected chi connectivity index (χ1v) is 9.47. The van der Waals surface area contributed by atoms with E-state index < -0.39 is 0 Å². The normalized spacial score (nSPS) is 12.1. The lowest BCUT2D eigenvalue weighted by Gasteiger charge is -2.15. The molecule has 3 aromatic carbocycles. The van der Waals surface area contributed by atoms with Crippen LogP contribution in [0.5, 0.6) is 0 Å². The van der Waals surface area contributed by atoms with Gasteiger partial charge in [0.25, 0.3) is 0 Å². The molecule has 0 aliphatic rings. The van der Waals surface area contributed by atoms with Crippen molar-refractivity contribution in [3.8, 4) is 11.5 Å². The molecule has 4 nitrogen and oxygen atoms in total. The molecule has 4 aromatic rings. The molecule has 140 valence electrons. The van der Waals surface area contributed by atoms with E-state index in [2.05, 4.69) is 10.3 Å². The van der Waals surface area contributed by atoms with Gasteiger partial charge in [-0.2, -0.15) is 0 Å². The van der Waals surface area contributed by atoms with Gasteiger partial charge in [0.2, 0.25) is 11.8 Å². The summed E-state index contributed by atoms with van der Waals surface area (Å²) in [6, 6.07) is 23.4. The van der Waals surface area contributed by atoms with Gasteiger partial charge in [-0.3, -0.25) is 4.79 Å². The number of hydrogen-bond donors (Lipinski definition) is 1. The Labute approximate surface area is 164 Å². The summed E-state index contributed by atoms with van der Waals surface area (Å²) in [6.07, 6.45) is 0.746. The number of nitrogens with one attached hydrogen (secondary N) is 1. The van der Waals surface area contributed by atoms with Crippen molar-refractivity contribution in [1.29, 1.82) is 0 Å². The summed E-state index contributed by atoms with van der Waals surface area (Å²) in [4.78, 5) is 17.3. The van der Waals surface area contributed by atoms with Gasteiger partial charge < -0.3 is 9.73 Å². The van der Waals surface area contributed by atoms with Gasteiger partial charge in [0.15, 0.2) is 5.58 Å². The highest BCUT2D eigenvalue weighted by Gasteiger charge is 2.18. The summed E-state index contributed by atoms with van der Waals surface area (Å²) in [5.74, 6) is 0.411. The number of aryl methyl sites for hydroxylation is 1. The van der Waals surface area contributed by atoms with Crippen LogP contribution in [0.2, 0.25) is 0 Å². The molecule has 0 saturated heterocycles. The maximum absolute atomic E-state index is 12.7. The second-order valence-electron chi connectivity index (χ2n) is 6.93. The Bertz CT molecular complexity index is 1100. The van der Waals surface area contributed by atoms with E-state index >= 15 is 0 Å². The van der Waals surface area contributed by atoms with Gasteiger partial charge in [-0.05, 0) is 60.9 Å². The Morgan fingerprint density at radius 3 is 2.50 bits per heavy atom. The molecule has 0 aliphatic carbocycles. The highest BCUT2D eigenvalue weighted by atomic mass is 16.3. The second-order valence-corrected chi connectivity index (χ2v) is 6.93. The number of aromatic nitrogens is 1. The van der Waals surface area contributed by atoms with E-state index in [0.717, 1.165) is 39.9 Å². The maximum atomic E-state index is 12.7. The Morgan fingerprint density at radius 2 is 1.79 bits per heavy atom. The maximum Gasteiger partial charge on any atom is 0.231 e. The fourth-order valence-corrected chi connectivity index (χ4v) is 3.34. The number of oxazole rings is 1. The molecule has 0 radical (unpaired) electrons. The lowest BCUT2D eigenvalue weighted by molar-refractivity contribution is -0.117. The van der Waals surface area contributed by atoms with E-state index in [9.17, 15) is 4.79 Å². The van der Waals surface area contributed by atoms with Gasteiger partial charge in [0, 0.05) is 11.3 Å². The summed E-state index contributed by atoms with van der Waals surface area (Å²) >= 11 is 0. The molecule has 1 N–H and O–H groups in total. The predicted octanol–water partition coefficient (Wildman–Crippen LogP) is 5.94. The minimum absolute atomic E-state index is 0.00112. The van der Waals surface area contributed by atoms with Gasteiger partial charge in [0.05, 0.1) is 5.92 Å². The highest BCUT2D eigenvalue weighted by molar-refractivity contribution is 5.96. The Kier molecular flexibility index (Phi) is 4.94. The van der Waals surface area contributed by atoms with Crippen LogP contribution in [0.25, 0.3) is 22.6 Å². The topological polar surface area (TPSA) is 55.1 Å². The minimum atomic E-state index is -0.166. The third-order valence-electron chi connectivity index (χ3n) is 4.87. The van der Waals surface area contributed by atoms with Crippen LogP contribution in [0.4, 0.5) is 5.69 Å². The quantitative estimate of drug-likeness (QED) is 0.473. The van der Waals surface area contributed by atoms with E-state index in [1.54, 1.807) is 0 Å². The molecule has 28 heavy (non-hydrogen) atoms. The molecule has 4 rings (SSSR count). The molecule has 0 bridgehead atoms. The Morgan fingerprint density at radius 1 is 1.04 bits per heavy atom. The van der Waals surface area contributed by atoms with E-state index in [1.165, 1.54) is 0 Å². The summed E-state index contributed by atoms with van der Waals surface area (Å²) in [5.41, 5.74) is 5.43. The van der Waals surface area contributed by atoms with Gasteiger partial charge in [-0.1, -0.05) is 43.3 Å². The molecule has 1 aromatic heterocycles. The average Bonchev–Trinajstić information content (AvgIpc) is 3.13.